The first-order valence-corrected chi connectivity index (χ1v) is 9.71. The van der Waals surface area contributed by atoms with Crippen LogP contribution in [0, 0.1) is 0 Å². The van der Waals surface area contributed by atoms with Gasteiger partial charge in [-0.1, -0.05) is 60.7 Å². The maximum absolute atomic E-state index is 11.3. The van der Waals surface area contributed by atoms with Gasteiger partial charge in [-0.05, 0) is 31.1 Å². The molecule has 4 atom stereocenters. The lowest BCUT2D eigenvalue weighted by Gasteiger charge is -2.19. The summed E-state index contributed by atoms with van der Waals surface area (Å²) in [4.78, 5) is 21.4. The second kappa shape index (κ2) is 13.3. The Hall–Kier alpha value is -3.00. The van der Waals surface area contributed by atoms with Crippen molar-refractivity contribution in [1.82, 2.24) is 5.32 Å². The van der Waals surface area contributed by atoms with Crippen molar-refractivity contribution in [1.29, 1.82) is 0 Å². The van der Waals surface area contributed by atoms with Crippen LogP contribution in [0.1, 0.15) is 37.2 Å². The Balaban J connectivity index is 0.000000325. The van der Waals surface area contributed by atoms with Crippen LogP contribution in [-0.4, -0.2) is 41.2 Å². The molecule has 0 saturated carbocycles. The highest BCUT2D eigenvalue weighted by Crippen LogP contribution is 2.16. The molecule has 0 aromatic heterocycles. The minimum Gasteiger partial charge on any atom is -0.545 e. The van der Waals surface area contributed by atoms with Gasteiger partial charge in [0.25, 0.3) is 0 Å². The molecule has 0 aliphatic carbocycles. The molecule has 2 aromatic carbocycles. The molecule has 1 amide bonds. The molecule has 0 spiro atoms. The van der Waals surface area contributed by atoms with Gasteiger partial charge in [-0.3, -0.25) is 4.79 Å². The van der Waals surface area contributed by atoms with E-state index < -0.39 is 24.0 Å². The normalized spacial score (nSPS) is 14.7. The third kappa shape index (κ3) is 9.00. The van der Waals surface area contributed by atoms with Crippen LogP contribution in [0.2, 0.25) is 0 Å². The Bertz CT molecular complexity index is 796. The second-order valence-electron chi connectivity index (χ2n) is 6.85. The number of hydrogen-bond donors (Lipinski definition) is 4. The molecule has 0 heterocycles. The quantitative estimate of drug-likeness (QED) is 0.446. The predicted octanol–water partition coefficient (Wildman–Crippen LogP) is -0.167. The van der Waals surface area contributed by atoms with Gasteiger partial charge in [0.05, 0.1) is 25.2 Å². The van der Waals surface area contributed by atoms with Crippen LogP contribution in [0.15, 0.2) is 72.8 Å². The van der Waals surface area contributed by atoms with Crippen molar-refractivity contribution in [2.24, 2.45) is 0 Å². The van der Waals surface area contributed by atoms with Gasteiger partial charge in [-0.15, -0.1) is 0 Å². The Kier molecular flexibility index (Phi) is 11.1. The van der Waals surface area contributed by atoms with Gasteiger partial charge in [-0.25, -0.2) is 0 Å². The van der Waals surface area contributed by atoms with Crippen molar-refractivity contribution < 1.29 is 30.2 Å². The number of amides is 1. The topological polar surface area (TPSA) is 126 Å². The molecule has 0 fully saturated rings. The first-order valence-electron chi connectivity index (χ1n) is 9.71. The summed E-state index contributed by atoms with van der Waals surface area (Å²) in [6, 6.07) is 18.3. The summed E-state index contributed by atoms with van der Waals surface area (Å²) in [5.74, 6) is -2.04. The van der Waals surface area contributed by atoms with E-state index in [2.05, 4.69) is 5.32 Å². The molecule has 2 rings (SSSR count). The van der Waals surface area contributed by atoms with E-state index in [1.807, 2.05) is 55.7 Å². The maximum Gasteiger partial charge on any atom is 0.244 e. The van der Waals surface area contributed by atoms with Crippen molar-refractivity contribution in [2.45, 2.75) is 38.1 Å². The van der Waals surface area contributed by atoms with Gasteiger partial charge in [0, 0.05) is 6.08 Å². The van der Waals surface area contributed by atoms with Gasteiger partial charge in [0.2, 0.25) is 5.91 Å². The smallest absolute Gasteiger partial charge is 0.244 e. The molecule has 0 saturated heterocycles. The largest absolute Gasteiger partial charge is 0.545 e. The Morgan fingerprint density at radius 1 is 0.900 bits per heavy atom. The minimum absolute atomic E-state index is 0.215. The summed E-state index contributed by atoms with van der Waals surface area (Å²) < 4.78 is 0. The summed E-state index contributed by atoms with van der Waals surface area (Å²) in [6.07, 6.45) is 0.267. The first-order chi connectivity index (χ1) is 14.3. The molecule has 7 heteroatoms. The summed E-state index contributed by atoms with van der Waals surface area (Å²) in [6.45, 7) is 3.64. The average Bonchev–Trinajstić information content (AvgIpc) is 2.77. The maximum atomic E-state index is 11.3. The summed E-state index contributed by atoms with van der Waals surface area (Å²) in [5, 5.41) is 34.3. The lowest BCUT2D eigenvalue weighted by Crippen LogP contribution is -2.86. The van der Waals surface area contributed by atoms with Gasteiger partial charge in [-0.2, -0.15) is 0 Å². The van der Waals surface area contributed by atoms with Crippen LogP contribution in [0.5, 0.6) is 0 Å². The number of nitrogens with two attached hydrogens (primary N) is 1. The number of quaternary nitrogens is 1. The lowest BCUT2D eigenvalue weighted by molar-refractivity contribution is -0.669. The van der Waals surface area contributed by atoms with E-state index in [0.717, 1.165) is 11.6 Å². The van der Waals surface area contributed by atoms with E-state index in [9.17, 15) is 24.9 Å². The zero-order valence-electron chi connectivity index (χ0n) is 17.4. The van der Waals surface area contributed by atoms with Crippen molar-refractivity contribution >= 4 is 11.9 Å². The fourth-order valence-electron chi connectivity index (χ4n) is 2.57. The van der Waals surface area contributed by atoms with Gasteiger partial charge >= 0.3 is 0 Å². The monoisotopic (exact) mass is 414 g/mol. The van der Waals surface area contributed by atoms with E-state index in [-0.39, 0.29) is 12.1 Å². The number of carboxylic acids is 1. The average molecular weight is 415 g/mol. The molecular formula is C23H30N2O5. The molecule has 162 valence electrons. The van der Waals surface area contributed by atoms with Crippen LogP contribution < -0.4 is 15.7 Å². The zero-order chi connectivity index (χ0) is 22.5. The number of nitrogens with one attached hydrogen (secondary N) is 1. The molecule has 0 aliphatic rings. The highest BCUT2D eigenvalue weighted by molar-refractivity contribution is 5.93. The van der Waals surface area contributed by atoms with Gasteiger partial charge in [0.15, 0.2) is 0 Å². The third-order valence-electron chi connectivity index (χ3n) is 4.52. The van der Waals surface area contributed by atoms with E-state index in [4.69, 9.17) is 0 Å². The Labute approximate surface area is 177 Å². The summed E-state index contributed by atoms with van der Waals surface area (Å²) in [7, 11) is 1.97. The van der Waals surface area contributed by atoms with Gasteiger partial charge < -0.3 is 30.7 Å². The van der Waals surface area contributed by atoms with Crippen molar-refractivity contribution in [3.05, 3.63) is 83.9 Å². The number of carbonyl (C=O) groups is 2. The first kappa shape index (κ1) is 25.0. The molecule has 30 heavy (non-hydrogen) atoms. The molecule has 4 unspecified atom stereocenters. The number of benzene rings is 2. The molecule has 5 N–H and O–H groups in total. The van der Waals surface area contributed by atoms with Crippen molar-refractivity contribution in [3.8, 4) is 0 Å². The van der Waals surface area contributed by atoms with Gasteiger partial charge in [0.1, 0.15) is 12.1 Å². The number of rotatable bonds is 8. The summed E-state index contributed by atoms with van der Waals surface area (Å²) in [5.41, 5.74) is 1.66. The third-order valence-corrected chi connectivity index (χ3v) is 4.52. The zero-order valence-corrected chi connectivity index (χ0v) is 17.4. The number of aliphatic hydroxyl groups excluding tert-OH is 2. The number of hydrogen-bond acceptors (Lipinski definition) is 5. The number of aliphatic hydroxyl groups is 2. The number of carbonyl (C=O) groups excluding carboxylic acids is 2. The highest BCUT2D eigenvalue weighted by atomic mass is 16.4. The van der Waals surface area contributed by atoms with Crippen LogP contribution in [-0.2, 0) is 9.59 Å². The highest BCUT2D eigenvalue weighted by Gasteiger charge is 2.17. The number of likely N-dealkylation sites (N-methyl/N-ethyl adjacent to an activating group) is 1. The number of carboxylic acid groups (broad SMARTS) is 1. The Morgan fingerprint density at radius 3 is 1.80 bits per heavy atom. The second-order valence-corrected chi connectivity index (χ2v) is 6.85. The van der Waals surface area contributed by atoms with E-state index >= 15 is 0 Å². The van der Waals surface area contributed by atoms with E-state index in [1.165, 1.54) is 0 Å². The lowest BCUT2D eigenvalue weighted by atomic mass is 10.0. The van der Waals surface area contributed by atoms with E-state index in [0.29, 0.717) is 11.6 Å². The van der Waals surface area contributed by atoms with Crippen LogP contribution in [0.3, 0.4) is 0 Å². The fourth-order valence-corrected chi connectivity index (χ4v) is 2.57. The summed E-state index contributed by atoms with van der Waals surface area (Å²) >= 11 is 0. The standard InChI is InChI=1S/C13H15NO4.C10H15NO/c1-9(14-11(15)7-8-12(16)17)13(18)10-5-3-2-4-6-10;1-8(11-2)10(12)9-6-4-3-5-7-9/h2-9,13,18H,1H3,(H,14,15)(H,16,17);3-8,10-12H,1-2H3/b8-7+;. The van der Waals surface area contributed by atoms with E-state index in [1.54, 1.807) is 31.2 Å². The minimum atomic E-state index is -1.44. The molecule has 7 nitrogen and oxygen atoms in total. The van der Waals surface area contributed by atoms with Crippen molar-refractivity contribution in [2.75, 3.05) is 7.05 Å². The fraction of sp³-hybridized carbons (Fsp3) is 0.304. The van der Waals surface area contributed by atoms with Crippen LogP contribution in [0.4, 0.5) is 0 Å². The molecular weight excluding hydrogens is 384 g/mol. The molecule has 0 radical (unpaired) electrons. The Morgan fingerprint density at radius 2 is 1.37 bits per heavy atom. The van der Waals surface area contributed by atoms with Crippen molar-refractivity contribution in [3.63, 3.8) is 0 Å². The molecule has 2 aromatic rings. The van der Waals surface area contributed by atoms with Crippen LogP contribution >= 0.6 is 0 Å². The predicted molar refractivity (Wildman–Crippen MR) is 112 cm³/mol. The number of aliphatic carboxylic acids is 1. The SMILES string of the molecule is CC(NC(=O)/C=C/C(=O)[O-])C(O)c1ccccc1.C[NH2+]C(C)C(O)c1ccccc1. The van der Waals surface area contributed by atoms with Crippen LogP contribution in [0.25, 0.3) is 0 Å². The molecule has 0 bridgehead atoms. The molecule has 0 aliphatic heterocycles.